The Bertz CT molecular complexity index is 1150. The standard InChI is InChI=1S/C29H29N3OS/c33-29(20-26(23-10-4-1-5-11-23)24-12-6-2-7-13-24)32-18-16-31(17-19-32)21-28-30-27(22-34-28)25-14-8-3-9-15-25/h1-15,22,26H,16-21H2. The predicted molar refractivity (Wildman–Crippen MR) is 139 cm³/mol. The first kappa shape index (κ1) is 22.5. The van der Waals surface area contributed by atoms with Crippen LogP contribution >= 0.6 is 11.3 Å². The number of nitrogens with zero attached hydrogens (tertiary/aromatic N) is 3. The highest BCUT2D eigenvalue weighted by molar-refractivity contribution is 7.09. The van der Waals surface area contributed by atoms with Crippen LogP contribution in [0.3, 0.4) is 0 Å². The summed E-state index contributed by atoms with van der Waals surface area (Å²) in [6.07, 6.45) is 0.501. The lowest BCUT2D eigenvalue weighted by molar-refractivity contribution is -0.133. The van der Waals surface area contributed by atoms with Crippen LogP contribution in [-0.2, 0) is 11.3 Å². The molecule has 4 nitrogen and oxygen atoms in total. The smallest absolute Gasteiger partial charge is 0.223 e. The van der Waals surface area contributed by atoms with E-state index in [-0.39, 0.29) is 11.8 Å². The van der Waals surface area contributed by atoms with Crippen molar-refractivity contribution in [3.05, 3.63) is 113 Å². The summed E-state index contributed by atoms with van der Waals surface area (Å²) < 4.78 is 0. The van der Waals surface area contributed by atoms with Crippen LogP contribution < -0.4 is 0 Å². The minimum atomic E-state index is 0.0830. The fourth-order valence-electron chi connectivity index (χ4n) is 4.57. The van der Waals surface area contributed by atoms with Crippen molar-refractivity contribution in [3.63, 3.8) is 0 Å². The molecular formula is C29H29N3OS. The van der Waals surface area contributed by atoms with Crippen LogP contribution in [0.2, 0.25) is 0 Å². The Morgan fingerprint density at radius 2 is 1.35 bits per heavy atom. The number of hydrogen-bond acceptors (Lipinski definition) is 4. The molecule has 0 bridgehead atoms. The summed E-state index contributed by atoms with van der Waals surface area (Å²) in [5, 5.41) is 3.27. The average Bonchev–Trinajstić information content (AvgIpc) is 3.37. The molecule has 1 aromatic heterocycles. The maximum Gasteiger partial charge on any atom is 0.223 e. The van der Waals surface area contributed by atoms with E-state index in [2.05, 4.69) is 70.9 Å². The molecule has 0 N–H and O–H groups in total. The highest BCUT2D eigenvalue weighted by atomic mass is 32.1. The van der Waals surface area contributed by atoms with Crippen molar-refractivity contribution in [1.29, 1.82) is 0 Å². The first-order valence-corrected chi connectivity index (χ1v) is 12.7. The van der Waals surface area contributed by atoms with E-state index < -0.39 is 0 Å². The number of thiazole rings is 1. The average molecular weight is 468 g/mol. The normalized spacial score (nSPS) is 14.4. The van der Waals surface area contributed by atoms with E-state index in [1.165, 1.54) is 11.1 Å². The molecule has 4 aromatic rings. The summed E-state index contributed by atoms with van der Waals surface area (Å²) in [5.74, 6) is 0.317. The largest absolute Gasteiger partial charge is 0.340 e. The van der Waals surface area contributed by atoms with Crippen molar-refractivity contribution in [2.45, 2.75) is 18.9 Å². The monoisotopic (exact) mass is 467 g/mol. The number of rotatable bonds is 7. The Morgan fingerprint density at radius 1 is 0.794 bits per heavy atom. The first-order valence-electron chi connectivity index (χ1n) is 11.9. The van der Waals surface area contributed by atoms with E-state index in [0.717, 1.165) is 49.0 Å². The van der Waals surface area contributed by atoms with Crippen molar-refractivity contribution in [2.24, 2.45) is 0 Å². The molecule has 1 amide bonds. The van der Waals surface area contributed by atoms with Gasteiger partial charge in [0.1, 0.15) is 5.01 Å². The van der Waals surface area contributed by atoms with E-state index in [9.17, 15) is 4.79 Å². The zero-order valence-electron chi connectivity index (χ0n) is 19.2. The van der Waals surface area contributed by atoms with Crippen molar-refractivity contribution in [2.75, 3.05) is 26.2 Å². The Hall–Kier alpha value is -3.28. The van der Waals surface area contributed by atoms with Crippen molar-refractivity contribution in [3.8, 4) is 11.3 Å². The van der Waals surface area contributed by atoms with Gasteiger partial charge in [0, 0.05) is 49.5 Å². The van der Waals surface area contributed by atoms with Gasteiger partial charge in [-0.15, -0.1) is 11.3 Å². The summed E-state index contributed by atoms with van der Waals surface area (Å²) >= 11 is 1.72. The van der Waals surface area contributed by atoms with Gasteiger partial charge in [-0.1, -0.05) is 91.0 Å². The van der Waals surface area contributed by atoms with E-state index in [1.54, 1.807) is 11.3 Å². The van der Waals surface area contributed by atoms with Gasteiger partial charge in [-0.25, -0.2) is 4.98 Å². The molecule has 2 heterocycles. The molecule has 0 radical (unpaired) electrons. The van der Waals surface area contributed by atoms with Crippen molar-refractivity contribution >= 4 is 17.2 Å². The number of piperazine rings is 1. The van der Waals surface area contributed by atoms with Gasteiger partial charge >= 0.3 is 0 Å². The lowest BCUT2D eigenvalue weighted by Crippen LogP contribution is -2.48. The lowest BCUT2D eigenvalue weighted by atomic mass is 9.88. The maximum absolute atomic E-state index is 13.3. The minimum Gasteiger partial charge on any atom is -0.340 e. The molecule has 1 aliphatic heterocycles. The summed E-state index contributed by atoms with van der Waals surface area (Å²) in [6, 6.07) is 31.1. The van der Waals surface area contributed by atoms with Gasteiger partial charge in [0.2, 0.25) is 5.91 Å². The summed E-state index contributed by atoms with van der Waals surface area (Å²) in [5.41, 5.74) is 4.59. The van der Waals surface area contributed by atoms with Crippen LogP contribution in [0.4, 0.5) is 0 Å². The molecular weight excluding hydrogens is 438 g/mol. The van der Waals surface area contributed by atoms with Crippen molar-refractivity contribution < 1.29 is 4.79 Å². The third-order valence-electron chi connectivity index (χ3n) is 6.49. The van der Waals surface area contributed by atoms with E-state index in [1.807, 2.05) is 35.2 Å². The fraction of sp³-hybridized carbons (Fsp3) is 0.241. The molecule has 1 aliphatic rings. The predicted octanol–water partition coefficient (Wildman–Crippen LogP) is 5.68. The van der Waals surface area contributed by atoms with Crippen LogP contribution in [0.1, 0.15) is 28.5 Å². The molecule has 34 heavy (non-hydrogen) atoms. The molecule has 0 unspecified atom stereocenters. The number of aromatic nitrogens is 1. The van der Waals surface area contributed by atoms with E-state index >= 15 is 0 Å². The number of hydrogen-bond donors (Lipinski definition) is 0. The maximum atomic E-state index is 13.3. The van der Waals surface area contributed by atoms with Crippen LogP contribution in [0.15, 0.2) is 96.4 Å². The van der Waals surface area contributed by atoms with Crippen LogP contribution in [0.5, 0.6) is 0 Å². The molecule has 0 aliphatic carbocycles. The number of carbonyl (C=O) groups is 1. The van der Waals surface area contributed by atoms with E-state index in [0.29, 0.717) is 6.42 Å². The molecule has 0 saturated carbocycles. The number of benzene rings is 3. The fourth-order valence-corrected chi connectivity index (χ4v) is 5.42. The molecule has 1 saturated heterocycles. The second-order valence-corrected chi connectivity index (χ2v) is 9.67. The molecule has 172 valence electrons. The zero-order chi connectivity index (χ0) is 23.2. The molecule has 5 rings (SSSR count). The molecule has 0 atom stereocenters. The SMILES string of the molecule is O=C(CC(c1ccccc1)c1ccccc1)N1CCN(Cc2nc(-c3ccccc3)cs2)CC1. The second-order valence-electron chi connectivity index (χ2n) is 8.73. The highest BCUT2D eigenvalue weighted by Gasteiger charge is 2.25. The van der Waals surface area contributed by atoms with E-state index in [4.69, 9.17) is 4.98 Å². The van der Waals surface area contributed by atoms with Crippen LogP contribution in [0, 0.1) is 0 Å². The van der Waals surface area contributed by atoms with Crippen molar-refractivity contribution in [1.82, 2.24) is 14.8 Å². The summed E-state index contributed by atoms with van der Waals surface area (Å²) in [7, 11) is 0. The third kappa shape index (κ3) is 5.44. The van der Waals surface area contributed by atoms with Gasteiger partial charge in [0.15, 0.2) is 0 Å². The number of carbonyl (C=O) groups excluding carboxylic acids is 1. The van der Waals surface area contributed by atoms with Gasteiger partial charge in [-0.05, 0) is 11.1 Å². The molecule has 3 aromatic carbocycles. The minimum absolute atomic E-state index is 0.0830. The summed E-state index contributed by atoms with van der Waals surface area (Å²) in [6.45, 7) is 4.15. The topological polar surface area (TPSA) is 36.4 Å². The third-order valence-corrected chi connectivity index (χ3v) is 7.32. The first-order chi connectivity index (χ1) is 16.8. The van der Waals surface area contributed by atoms with Crippen LogP contribution in [0.25, 0.3) is 11.3 Å². The molecule has 5 heteroatoms. The molecule has 0 spiro atoms. The van der Waals surface area contributed by atoms with Gasteiger partial charge < -0.3 is 4.90 Å². The van der Waals surface area contributed by atoms with Gasteiger partial charge in [0.05, 0.1) is 12.2 Å². The van der Waals surface area contributed by atoms with Gasteiger partial charge in [-0.3, -0.25) is 9.69 Å². The Morgan fingerprint density at radius 3 is 1.94 bits per heavy atom. The van der Waals surface area contributed by atoms with Gasteiger partial charge in [-0.2, -0.15) is 0 Å². The quantitative estimate of drug-likeness (QED) is 0.351. The van der Waals surface area contributed by atoms with Gasteiger partial charge in [0.25, 0.3) is 0 Å². The number of amides is 1. The summed E-state index contributed by atoms with van der Waals surface area (Å²) in [4.78, 5) is 22.5. The second kappa shape index (κ2) is 10.8. The zero-order valence-corrected chi connectivity index (χ0v) is 20.0. The molecule has 1 fully saturated rings. The lowest BCUT2D eigenvalue weighted by Gasteiger charge is -2.35. The highest BCUT2D eigenvalue weighted by Crippen LogP contribution is 2.29. The Labute approximate surface area is 205 Å². The Balaban J connectivity index is 1.18. The Kier molecular flexibility index (Phi) is 7.13. The van der Waals surface area contributed by atoms with Crippen LogP contribution in [-0.4, -0.2) is 46.9 Å².